The van der Waals surface area contributed by atoms with E-state index < -0.39 is 48.3 Å². The second-order valence-corrected chi connectivity index (χ2v) is 14.4. The zero-order valence-corrected chi connectivity index (χ0v) is 30.4. The first-order chi connectivity index (χ1) is 31.1. The molecule has 0 unspecified atom stereocenters. The predicted molar refractivity (Wildman–Crippen MR) is 234 cm³/mol. The lowest BCUT2D eigenvalue weighted by atomic mass is 9.96. The highest BCUT2D eigenvalue weighted by atomic mass is 32.1. The molecule has 0 aliphatic rings. The molecular formula is C51H32N4S. The molecule has 4 nitrogen and oxygen atoms in total. The van der Waals surface area contributed by atoms with Crippen LogP contribution in [0.4, 0.5) is 0 Å². The van der Waals surface area contributed by atoms with Gasteiger partial charge in [-0.2, -0.15) is 0 Å². The highest BCUT2D eigenvalue weighted by molar-refractivity contribution is 7.26. The van der Waals surface area contributed by atoms with Gasteiger partial charge in [0, 0.05) is 47.6 Å². The number of thiophene rings is 1. The van der Waals surface area contributed by atoms with Crippen LogP contribution in [0.2, 0.25) is 0 Å². The fourth-order valence-corrected chi connectivity index (χ4v) is 8.86. The van der Waals surface area contributed by atoms with E-state index in [-0.39, 0.29) is 27.6 Å². The summed E-state index contributed by atoms with van der Waals surface area (Å²) in [6, 6.07) is 44.0. The number of fused-ring (bicyclic) bond motifs is 6. The van der Waals surface area contributed by atoms with Crippen molar-refractivity contribution in [2.24, 2.45) is 0 Å². The van der Waals surface area contributed by atoms with Crippen molar-refractivity contribution in [3.8, 4) is 62.1 Å². The molecule has 0 N–H and O–H groups in total. The summed E-state index contributed by atoms with van der Waals surface area (Å²) in [6.07, 6.45) is 0. The van der Waals surface area contributed by atoms with Gasteiger partial charge in [0.2, 0.25) is 0 Å². The molecule has 5 heteroatoms. The minimum absolute atomic E-state index is 0.000375. The lowest BCUT2D eigenvalue weighted by Crippen LogP contribution is -2.04. The van der Waals surface area contributed by atoms with Crippen molar-refractivity contribution >= 4 is 53.3 Å². The topological polar surface area (TPSA) is 43.6 Å². The summed E-state index contributed by atoms with van der Waals surface area (Å²) >= 11 is 1.68. The van der Waals surface area contributed by atoms with Gasteiger partial charge in [0.05, 0.1) is 27.7 Å². The maximum absolute atomic E-state index is 9.38. The van der Waals surface area contributed by atoms with Crippen LogP contribution in [-0.2, 0) is 0 Å². The summed E-state index contributed by atoms with van der Waals surface area (Å²) in [5.74, 6) is 1.04. The Morgan fingerprint density at radius 2 is 0.982 bits per heavy atom. The molecule has 3 heterocycles. The van der Waals surface area contributed by atoms with Crippen molar-refractivity contribution in [2.45, 2.75) is 0 Å². The number of benzene rings is 8. The Kier molecular flexibility index (Phi) is 5.92. The van der Waals surface area contributed by atoms with Crippen LogP contribution in [0.3, 0.4) is 0 Å². The molecule has 0 atom stereocenters. The molecule has 0 saturated carbocycles. The Morgan fingerprint density at radius 3 is 1.62 bits per heavy atom. The van der Waals surface area contributed by atoms with Gasteiger partial charge in [0.25, 0.3) is 0 Å². The Morgan fingerprint density at radius 1 is 0.429 bits per heavy atom. The lowest BCUT2D eigenvalue weighted by molar-refractivity contribution is 1.06. The highest BCUT2D eigenvalue weighted by Crippen LogP contribution is 2.45. The van der Waals surface area contributed by atoms with Gasteiger partial charge in [-0.1, -0.05) is 164 Å². The number of para-hydroxylation sites is 2. The molecule has 0 spiro atoms. The van der Waals surface area contributed by atoms with Gasteiger partial charge in [-0.05, 0) is 52.5 Å². The van der Waals surface area contributed by atoms with E-state index in [9.17, 15) is 2.74 Å². The van der Waals surface area contributed by atoms with Crippen LogP contribution >= 0.6 is 11.3 Å². The maximum atomic E-state index is 9.38. The van der Waals surface area contributed by atoms with Gasteiger partial charge >= 0.3 is 0 Å². The smallest absolute Gasteiger partial charge is 0.166 e. The highest BCUT2D eigenvalue weighted by Gasteiger charge is 2.21. The second-order valence-electron chi connectivity index (χ2n) is 13.4. The maximum Gasteiger partial charge on any atom is 0.166 e. The Bertz CT molecular complexity index is 3570. The normalized spacial score (nSPS) is 13.6. The first kappa shape index (κ1) is 25.0. The Balaban J connectivity index is 1.28. The van der Waals surface area contributed by atoms with E-state index in [1.54, 1.807) is 15.9 Å². The summed E-state index contributed by atoms with van der Waals surface area (Å²) in [6.45, 7) is 0. The molecule has 3 aromatic heterocycles. The first-order valence-corrected chi connectivity index (χ1v) is 18.9. The van der Waals surface area contributed by atoms with E-state index in [4.69, 9.17) is 23.2 Å². The fraction of sp³-hybridized carbons (Fsp3) is 0. The second kappa shape index (κ2) is 13.3. The minimum atomic E-state index is -0.512. The van der Waals surface area contributed by atoms with E-state index in [1.165, 1.54) is 0 Å². The van der Waals surface area contributed by atoms with Gasteiger partial charge in [-0.15, -0.1) is 11.3 Å². The van der Waals surface area contributed by atoms with Crippen LogP contribution in [0.1, 0.15) is 11.0 Å². The molecule has 262 valence electrons. The molecule has 0 aliphatic heterocycles. The van der Waals surface area contributed by atoms with E-state index in [0.717, 1.165) is 53.6 Å². The van der Waals surface area contributed by atoms with Crippen molar-refractivity contribution in [1.82, 2.24) is 19.5 Å². The first-order valence-electron chi connectivity index (χ1n) is 22.1. The van der Waals surface area contributed by atoms with Gasteiger partial charge in [-0.3, -0.25) is 0 Å². The fourth-order valence-electron chi connectivity index (χ4n) is 7.60. The van der Waals surface area contributed by atoms with E-state index in [2.05, 4.69) is 36.4 Å². The third-order valence-electron chi connectivity index (χ3n) is 10.1. The largest absolute Gasteiger partial charge is 0.308 e. The van der Waals surface area contributed by atoms with Crippen molar-refractivity contribution in [3.63, 3.8) is 0 Å². The predicted octanol–water partition coefficient (Wildman–Crippen LogP) is 13.7. The van der Waals surface area contributed by atoms with Crippen LogP contribution in [0, 0.1) is 0 Å². The summed E-state index contributed by atoms with van der Waals surface area (Å²) in [5, 5.41) is 2.17. The third-order valence-corrected chi connectivity index (χ3v) is 11.3. The molecule has 11 aromatic rings. The Labute approximate surface area is 338 Å². The summed E-state index contributed by atoms with van der Waals surface area (Å²) in [4.78, 5) is 15.0. The van der Waals surface area contributed by atoms with Crippen LogP contribution in [-0.4, -0.2) is 19.5 Å². The standard InChI is InChI=1S/C51H32N4S/c1-4-16-33(17-5-1)37-24-15-29-46-47(37)42-26-14-25-38(48(42)56-46)36-30-31-41(45(32-36)55-43-27-12-10-22-39(43)40-23-11-13-28-44(40)55)51-53-49(34-18-6-2-7-19-34)52-50(54-51)35-20-8-3-9-21-35/h1-32H/i10D,11D,12D,13D,22D,23D,27D,28D. The SMILES string of the molecule is [2H]c1c([2H])c([2H])c2c(c1[2H])c1c([2H])c([2H])c([2H])c([2H])c1n2-c1cc(-c2cccc3c2sc2cccc(-c4ccccc4)c23)ccc1-c1nc(-c2ccccc2)nc(-c2ccccc2)n1. The van der Waals surface area contributed by atoms with Crippen molar-refractivity contribution in [3.05, 3.63) is 194 Å². The average molecular weight is 741 g/mol. The number of hydrogen-bond acceptors (Lipinski definition) is 4. The summed E-state index contributed by atoms with van der Waals surface area (Å²) in [5.41, 5.74) is 6.15. The molecule has 0 bridgehead atoms. The molecule has 0 radical (unpaired) electrons. The monoisotopic (exact) mass is 740 g/mol. The van der Waals surface area contributed by atoms with Crippen molar-refractivity contribution in [2.75, 3.05) is 0 Å². The van der Waals surface area contributed by atoms with Crippen LogP contribution < -0.4 is 0 Å². The van der Waals surface area contributed by atoms with Crippen LogP contribution in [0.25, 0.3) is 104 Å². The molecule has 56 heavy (non-hydrogen) atoms. The van der Waals surface area contributed by atoms with E-state index in [1.807, 2.05) is 109 Å². The van der Waals surface area contributed by atoms with Crippen molar-refractivity contribution < 1.29 is 11.0 Å². The quantitative estimate of drug-likeness (QED) is 0.170. The van der Waals surface area contributed by atoms with Gasteiger partial charge in [0.15, 0.2) is 17.5 Å². The molecule has 8 aromatic carbocycles. The molecule has 0 amide bonds. The van der Waals surface area contributed by atoms with Crippen molar-refractivity contribution in [1.29, 1.82) is 0 Å². The third kappa shape index (κ3) is 5.32. The molecule has 0 fully saturated rings. The molecule has 0 aliphatic carbocycles. The van der Waals surface area contributed by atoms with E-state index >= 15 is 0 Å². The van der Waals surface area contributed by atoms with Gasteiger partial charge in [0.1, 0.15) is 0 Å². The van der Waals surface area contributed by atoms with Gasteiger partial charge < -0.3 is 4.57 Å². The average Bonchev–Trinajstić information content (AvgIpc) is 3.92. The van der Waals surface area contributed by atoms with Crippen LogP contribution in [0.5, 0.6) is 0 Å². The number of hydrogen-bond donors (Lipinski definition) is 0. The number of aromatic nitrogens is 4. The summed E-state index contributed by atoms with van der Waals surface area (Å²) in [7, 11) is 0. The molecule has 0 saturated heterocycles. The zero-order valence-electron chi connectivity index (χ0n) is 37.6. The molecular weight excluding hydrogens is 701 g/mol. The minimum Gasteiger partial charge on any atom is -0.308 e. The Hall–Kier alpha value is -7.21. The zero-order chi connectivity index (χ0) is 44.0. The number of rotatable bonds is 6. The lowest BCUT2D eigenvalue weighted by Gasteiger charge is -2.16. The van der Waals surface area contributed by atoms with Gasteiger partial charge in [-0.25, -0.2) is 15.0 Å². The molecule has 11 rings (SSSR count). The summed E-state index contributed by atoms with van der Waals surface area (Å²) < 4.78 is 75.8. The van der Waals surface area contributed by atoms with Crippen LogP contribution in [0.15, 0.2) is 194 Å². The van der Waals surface area contributed by atoms with E-state index in [0.29, 0.717) is 22.9 Å². The number of nitrogens with zero attached hydrogens (tertiary/aromatic N) is 4.